The number of anilines is 3. The van der Waals surface area contributed by atoms with Crippen molar-refractivity contribution in [2.75, 3.05) is 23.8 Å². The molecule has 36 heavy (non-hydrogen) atoms. The van der Waals surface area contributed by atoms with E-state index in [1.165, 1.54) is 19.3 Å². The van der Waals surface area contributed by atoms with Crippen LogP contribution in [0.5, 0.6) is 5.75 Å². The molecule has 10 nitrogen and oxygen atoms in total. The van der Waals surface area contributed by atoms with E-state index in [2.05, 4.69) is 48.4 Å². The van der Waals surface area contributed by atoms with Gasteiger partial charge < -0.3 is 25.2 Å². The number of rotatable bonds is 11. The highest BCUT2D eigenvalue weighted by molar-refractivity contribution is 9.10. The second-order valence-electron chi connectivity index (χ2n) is 7.44. The van der Waals surface area contributed by atoms with Gasteiger partial charge >= 0.3 is 0 Å². The van der Waals surface area contributed by atoms with Crippen molar-refractivity contribution in [3.05, 3.63) is 59.6 Å². The molecule has 3 rings (SSSR count). The predicted molar refractivity (Wildman–Crippen MR) is 139 cm³/mol. The Bertz CT molecular complexity index is 1330. The van der Waals surface area contributed by atoms with Crippen molar-refractivity contribution in [3.8, 4) is 5.75 Å². The number of nitrogens with one attached hydrogen (secondary N) is 3. The van der Waals surface area contributed by atoms with Crippen molar-refractivity contribution in [2.24, 2.45) is 0 Å². The number of carbonyl (C=O) groups excluding carboxylic acids is 2. The van der Waals surface area contributed by atoms with Gasteiger partial charge in [0.1, 0.15) is 29.0 Å². The molecule has 0 saturated carbocycles. The van der Waals surface area contributed by atoms with Gasteiger partial charge in [0.2, 0.25) is 11.8 Å². The van der Waals surface area contributed by atoms with Crippen LogP contribution in [0.1, 0.15) is 13.3 Å². The minimum absolute atomic E-state index is 0.166. The van der Waals surface area contributed by atoms with Crippen molar-refractivity contribution < 1.29 is 27.5 Å². The molecule has 4 N–H and O–H groups in total. The number of hydrogen-bond acceptors (Lipinski definition) is 7. The first kappa shape index (κ1) is 27.2. The highest BCUT2D eigenvalue weighted by Gasteiger charge is 2.18. The van der Waals surface area contributed by atoms with Crippen LogP contribution < -0.4 is 20.7 Å². The third kappa shape index (κ3) is 7.06. The lowest BCUT2D eigenvalue weighted by Gasteiger charge is -2.15. The minimum Gasteiger partial charge on any atom is -0.491 e. The molecule has 13 heteroatoms. The maximum Gasteiger partial charge on any atom is 0.247 e. The molecule has 2 unspecified atom stereocenters. The molecule has 0 fully saturated rings. The summed E-state index contributed by atoms with van der Waals surface area (Å²) in [6.07, 6.45) is 2.81. The Balaban J connectivity index is 1.80. The van der Waals surface area contributed by atoms with Crippen molar-refractivity contribution in [2.45, 2.75) is 18.6 Å². The molecule has 0 saturated heterocycles. The quantitative estimate of drug-likeness (QED) is 0.152. The monoisotopic (exact) mass is 579 g/mol. The summed E-state index contributed by atoms with van der Waals surface area (Å²) in [4.78, 5) is 32.2. The summed E-state index contributed by atoms with van der Waals surface area (Å²) in [5, 5.41) is 7.64. The molecular weight excluding hydrogens is 557 g/mol. The number of fused-ring (bicyclic) bond motifs is 1. The Morgan fingerprint density at radius 2 is 2.06 bits per heavy atom. The smallest absolute Gasteiger partial charge is 0.247 e. The molecule has 0 aliphatic carbocycles. The molecule has 0 bridgehead atoms. The highest BCUT2D eigenvalue weighted by atomic mass is 79.9. The predicted octanol–water partition coefficient (Wildman–Crippen LogP) is 3.89. The topological polar surface area (TPSA) is 143 Å². The van der Waals surface area contributed by atoms with E-state index in [1.807, 2.05) is 0 Å². The fourth-order valence-corrected chi connectivity index (χ4v) is 3.60. The first-order valence-electron chi connectivity index (χ1n) is 10.6. The Labute approximate surface area is 217 Å². The van der Waals surface area contributed by atoms with Gasteiger partial charge in [-0.25, -0.2) is 18.6 Å². The number of ether oxygens (including phenoxy) is 1. The van der Waals surface area contributed by atoms with Crippen molar-refractivity contribution in [3.63, 3.8) is 0 Å². The van der Waals surface area contributed by atoms with Gasteiger partial charge in [0.15, 0.2) is 11.1 Å². The van der Waals surface area contributed by atoms with Gasteiger partial charge in [0.25, 0.3) is 0 Å². The lowest BCUT2D eigenvalue weighted by atomic mass is 10.1. The number of nitrogens with zero attached hydrogens (tertiary/aromatic N) is 2. The summed E-state index contributed by atoms with van der Waals surface area (Å²) in [5.74, 6) is -0.863. The van der Waals surface area contributed by atoms with Crippen LogP contribution >= 0.6 is 15.9 Å². The molecule has 0 aliphatic rings. The van der Waals surface area contributed by atoms with Crippen LogP contribution in [0.15, 0.2) is 53.8 Å². The van der Waals surface area contributed by atoms with Gasteiger partial charge in [0.05, 0.1) is 23.5 Å². The Hall–Kier alpha value is -3.42. The van der Waals surface area contributed by atoms with E-state index >= 15 is 0 Å². The molecule has 2 atom stereocenters. The number of benzene rings is 2. The maximum atomic E-state index is 14.4. The minimum atomic E-state index is -2.25. The van der Waals surface area contributed by atoms with E-state index in [0.29, 0.717) is 39.1 Å². The lowest BCUT2D eigenvalue weighted by Crippen LogP contribution is -2.36. The number of aromatic nitrogens is 2. The summed E-state index contributed by atoms with van der Waals surface area (Å²) in [6, 6.07) is 7.77. The molecule has 190 valence electrons. The lowest BCUT2D eigenvalue weighted by molar-refractivity contribution is -0.120. The SMILES string of the molecule is C=CC(=O)Nc1cc2c(Nc3ccc(Br)cc3F)ncnc2cc1OCCCNC(=O)C(C)S(=O)O. The van der Waals surface area contributed by atoms with E-state index in [1.54, 1.807) is 24.3 Å². The zero-order valence-electron chi connectivity index (χ0n) is 19.1. The van der Waals surface area contributed by atoms with Crippen LogP contribution in [0.3, 0.4) is 0 Å². The first-order chi connectivity index (χ1) is 17.2. The van der Waals surface area contributed by atoms with Crippen LogP contribution in [-0.4, -0.2) is 48.9 Å². The molecule has 0 spiro atoms. The highest BCUT2D eigenvalue weighted by Crippen LogP contribution is 2.34. The second kappa shape index (κ2) is 12.5. The average Bonchev–Trinajstić information content (AvgIpc) is 2.85. The molecule has 0 radical (unpaired) electrons. The molecule has 1 heterocycles. The van der Waals surface area contributed by atoms with E-state index < -0.39 is 34.0 Å². The molecular formula is C23H23BrFN5O5S. The summed E-state index contributed by atoms with van der Waals surface area (Å²) in [5.41, 5.74) is 0.996. The van der Waals surface area contributed by atoms with E-state index in [-0.39, 0.29) is 18.8 Å². The summed E-state index contributed by atoms with van der Waals surface area (Å²) in [6.45, 7) is 5.19. The van der Waals surface area contributed by atoms with Gasteiger partial charge in [-0.05, 0) is 43.7 Å². The average molecular weight is 580 g/mol. The molecule has 3 aromatic rings. The van der Waals surface area contributed by atoms with E-state index in [9.17, 15) is 18.2 Å². The Morgan fingerprint density at radius 1 is 1.28 bits per heavy atom. The number of amides is 2. The molecule has 2 aromatic carbocycles. The molecule has 1 aromatic heterocycles. The standard InChI is InChI=1S/C23H23BrFN5O5S/c1-3-21(31)29-19-10-15-18(11-20(19)35-8-4-7-26-23(32)13(2)36(33)34)27-12-28-22(15)30-17-6-5-14(24)9-16(17)25/h3,5-6,9-13H,1,4,7-8H2,2H3,(H,26,32)(H,29,31)(H,33,34)(H,27,28,30). The number of carbonyl (C=O) groups is 2. The van der Waals surface area contributed by atoms with Crippen LogP contribution in [0, 0.1) is 5.82 Å². The number of hydrogen-bond donors (Lipinski definition) is 4. The third-order valence-electron chi connectivity index (χ3n) is 4.91. The molecule has 2 amide bonds. The van der Waals surface area contributed by atoms with Crippen molar-refractivity contribution in [1.29, 1.82) is 0 Å². The normalized spacial score (nSPS) is 12.4. The summed E-state index contributed by atoms with van der Waals surface area (Å²) < 4.78 is 40.7. The van der Waals surface area contributed by atoms with Gasteiger partial charge in [-0.3, -0.25) is 9.59 Å². The van der Waals surface area contributed by atoms with Crippen LogP contribution in [0.25, 0.3) is 10.9 Å². The van der Waals surface area contributed by atoms with Crippen molar-refractivity contribution >= 4 is 66.9 Å². The van der Waals surface area contributed by atoms with Crippen molar-refractivity contribution in [1.82, 2.24) is 15.3 Å². The number of halogens is 2. The zero-order chi connectivity index (χ0) is 26.2. The fraction of sp³-hybridized carbons (Fsp3) is 0.217. The van der Waals surface area contributed by atoms with Gasteiger partial charge in [0, 0.05) is 22.5 Å². The molecule has 0 aliphatic heterocycles. The van der Waals surface area contributed by atoms with Gasteiger partial charge in [-0.2, -0.15) is 0 Å². The summed E-state index contributed by atoms with van der Waals surface area (Å²) >= 11 is 0.969. The zero-order valence-corrected chi connectivity index (χ0v) is 21.5. The van der Waals surface area contributed by atoms with E-state index in [4.69, 9.17) is 9.29 Å². The second-order valence-corrected chi connectivity index (χ2v) is 9.62. The third-order valence-corrected chi connectivity index (χ3v) is 6.23. The summed E-state index contributed by atoms with van der Waals surface area (Å²) in [7, 11) is 0. The van der Waals surface area contributed by atoms with Crippen LogP contribution in [-0.2, 0) is 20.7 Å². The largest absolute Gasteiger partial charge is 0.491 e. The van der Waals surface area contributed by atoms with Gasteiger partial charge in [-0.15, -0.1) is 0 Å². The Kier molecular flexibility index (Phi) is 9.44. The van der Waals surface area contributed by atoms with Gasteiger partial charge in [-0.1, -0.05) is 22.5 Å². The van der Waals surface area contributed by atoms with E-state index in [0.717, 1.165) is 6.08 Å². The van der Waals surface area contributed by atoms with Crippen LogP contribution in [0.4, 0.5) is 21.6 Å². The Morgan fingerprint density at radius 3 is 2.75 bits per heavy atom. The maximum absolute atomic E-state index is 14.4. The first-order valence-corrected chi connectivity index (χ1v) is 12.6. The fourth-order valence-electron chi connectivity index (χ4n) is 3.00. The van der Waals surface area contributed by atoms with Crippen LogP contribution in [0.2, 0.25) is 0 Å².